The van der Waals surface area contributed by atoms with Gasteiger partial charge in [-0.25, -0.2) is 4.79 Å². The predicted molar refractivity (Wildman–Crippen MR) is 119 cm³/mol. The molecule has 4 N–H and O–H groups in total. The summed E-state index contributed by atoms with van der Waals surface area (Å²) in [5.74, 6) is 1.39. The van der Waals surface area contributed by atoms with Crippen molar-refractivity contribution in [3.8, 4) is 11.5 Å². The van der Waals surface area contributed by atoms with Gasteiger partial charge in [-0.05, 0) is 36.8 Å². The molecule has 0 radical (unpaired) electrons. The number of nitrogens with one attached hydrogen (secondary N) is 1. The number of nitrogens with zero attached hydrogens (tertiary/aromatic N) is 1. The molecule has 2 heterocycles. The second kappa shape index (κ2) is 9.35. The zero-order chi connectivity index (χ0) is 22.8. The largest absolute Gasteiger partial charge is 0.457 e. The number of hydrogen-bond acceptors (Lipinski definition) is 7. The Balaban J connectivity index is 1.58. The molecule has 9 heteroatoms. The first-order chi connectivity index (χ1) is 15.4. The average molecular weight is 457 g/mol. The molecule has 32 heavy (non-hydrogen) atoms. The van der Waals surface area contributed by atoms with E-state index in [2.05, 4.69) is 4.98 Å². The second-order valence-electron chi connectivity index (χ2n) is 7.79. The second-order valence-corrected chi connectivity index (χ2v) is 8.20. The van der Waals surface area contributed by atoms with Crippen molar-refractivity contribution < 1.29 is 24.8 Å². The van der Waals surface area contributed by atoms with E-state index in [1.54, 1.807) is 0 Å². The molecule has 1 aliphatic rings. The third-order valence-electron chi connectivity index (χ3n) is 5.38. The molecule has 0 saturated carbocycles. The van der Waals surface area contributed by atoms with Crippen LogP contribution in [0, 0.1) is 11.6 Å². The molecule has 1 aliphatic heterocycles. The zero-order valence-electron chi connectivity index (χ0n) is 17.3. The predicted octanol–water partition coefficient (Wildman–Crippen LogP) is 2.21. The van der Waals surface area contributed by atoms with Gasteiger partial charge in [-0.2, -0.15) is 0 Å². The van der Waals surface area contributed by atoms with E-state index in [0.717, 1.165) is 21.4 Å². The average Bonchev–Trinajstić information content (AvgIpc) is 3.06. The Kier molecular flexibility index (Phi) is 6.54. The van der Waals surface area contributed by atoms with Crippen molar-refractivity contribution in [2.24, 2.45) is 0 Å². The van der Waals surface area contributed by atoms with E-state index >= 15 is 0 Å². The summed E-state index contributed by atoms with van der Waals surface area (Å²) < 4.78 is 12.8. The summed E-state index contributed by atoms with van der Waals surface area (Å²) in [6.45, 7) is 1.53. The minimum absolute atomic E-state index is 0.267. The summed E-state index contributed by atoms with van der Waals surface area (Å²) in [5.41, 5.74) is 2.10. The lowest BCUT2D eigenvalue weighted by Gasteiger charge is -2.18. The number of aromatic nitrogens is 2. The van der Waals surface area contributed by atoms with Crippen LogP contribution >= 0.6 is 12.2 Å². The monoisotopic (exact) mass is 456 g/mol. The van der Waals surface area contributed by atoms with Crippen LogP contribution in [-0.4, -0.2) is 49.8 Å². The van der Waals surface area contributed by atoms with Crippen LogP contribution in [0.5, 0.6) is 11.5 Å². The van der Waals surface area contributed by atoms with E-state index in [-0.39, 0.29) is 4.64 Å². The van der Waals surface area contributed by atoms with Crippen molar-refractivity contribution >= 4 is 12.2 Å². The number of aliphatic hydroxyl groups excluding tert-OH is 3. The lowest BCUT2D eigenvalue weighted by atomic mass is 10.1. The van der Waals surface area contributed by atoms with Gasteiger partial charge < -0.3 is 24.8 Å². The maximum Gasteiger partial charge on any atom is 0.328 e. The standard InChI is InChI=1S/C23H24N2O6S/c1-13-5-7-16(8-6-13)30-17-4-2-3-14(10-17)9-15-11-25(23(29)24-21(15)32)22-20(28)19(27)18(12-26)31-22/h2-8,10-11,18-20,22,26-28H,9,12H2,1H3,(H,24,29,32)/t18-,19?,20?,22-/m0/s1. The first-order valence-corrected chi connectivity index (χ1v) is 10.6. The Bertz CT molecular complexity index is 1210. The van der Waals surface area contributed by atoms with Gasteiger partial charge in [-0.1, -0.05) is 42.0 Å². The zero-order valence-corrected chi connectivity index (χ0v) is 18.2. The fourth-order valence-corrected chi connectivity index (χ4v) is 3.85. The molecule has 168 valence electrons. The molecule has 0 spiro atoms. The van der Waals surface area contributed by atoms with Gasteiger partial charge in [0.25, 0.3) is 0 Å². The van der Waals surface area contributed by atoms with Crippen molar-refractivity contribution in [1.29, 1.82) is 0 Å². The summed E-state index contributed by atoms with van der Waals surface area (Å²) in [7, 11) is 0. The molecule has 1 aromatic heterocycles. The van der Waals surface area contributed by atoms with Crippen molar-refractivity contribution in [2.45, 2.75) is 37.9 Å². The van der Waals surface area contributed by atoms with E-state index in [1.807, 2.05) is 55.5 Å². The van der Waals surface area contributed by atoms with Crippen molar-refractivity contribution in [1.82, 2.24) is 9.55 Å². The van der Waals surface area contributed by atoms with Crippen LogP contribution in [0.15, 0.2) is 59.5 Å². The number of H-pyrrole nitrogens is 1. The number of aromatic amines is 1. The maximum atomic E-state index is 12.4. The van der Waals surface area contributed by atoms with Gasteiger partial charge in [-0.15, -0.1) is 0 Å². The highest BCUT2D eigenvalue weighted by molar-refractivity contribution is 7.71. The summed E-state index contributed by atoms with van der Waals surface area (Å²) in [6.07, 6.45) is -2.89. The highest BCUT2D eigenvalue weighted by atomic mass is 32.1. The van der Waals surface area contributed by atoms with Crippen molar-refractivity contribution in [3.63, 3.8) is 0 Å². The molecule has 0 amide bonds. The number of aliphatic hydroxyl groups is 3. The van der Waals surface area contributed by atoms with Crippen molar-refractivity contribution in [2.75, 3.05) is 6.61 Å². The molecule has 1 fully saturated rings. The Hall–Kier alpha value is -2.82. The van der Waals surface area contributed by atoms with Crippen LogP contribution in [0.2, 0.25) is 0 Å². The molecule has 2 unspecified atom stereocenters. The number of rotatable bonds is 6. The van der Waals surface area contributed by atoms with Crippen LogP contribution in [-0.2, 0) is 11.2 Å². The van der Waals surface area contributed by atoms with Gasteiger partial charge >= 0.3 is 5.69 Å². The van der Waals surface area contributed by atoms with Crippen LogP contribution in [0.4, 0.5) is 0 Å². The van der Waals surface area contributed by atoms with Gasteiger partial charge in [0, 0.05) is 18.2 Å². The Labute approximate surface area is 189 Å². The smallest absolute Gasteiger partial charge is 0.328 e. The molecule has 0 bridgehead atoms. The number of hydrogen-bond donors (Lipinski definition) is 4. The Morgan fingerprint density at radius 2 is 1.88 bits per heavy atom. The first kappa shape index (κ1) is 22.4. The molecule has 3 aromatic rings. The fourth-order valence-electron chi connectivity index (χ4n) is 3.63. The van der Waals surface area contributed by atoms with Gasteiger partial charge in [0.15, 0.2) is 6.23 Å². The van der Waals surface area contributed by atoms with Gasteiger partial charge in [0.1, 0.15) is 34.5 Å². The Morgan fingerprint density at radius 1 is 1.12 bits per heavy atom. The van der Waals surface area contributed by atoms with E-state index in [1.165, 1.54) is 6.20 Å². The van der Waals surface area contributed by atoms with Gasteiger partial charge in [0.2, 0.25) is 0 Å². The van der Waals surface area contributed by atoms with Crippen LogP contribution in [0.3, 0.4) is 0 Å². The molecule has 1 saturated heterocycles. The molecule has 4 atom stereocenters. The lowest BCUT2D eigenvalue weighted by molar-refractivity contribution is -0.0551. The van der Waals surface area contributed by atoms with Gasteiger partial charge in [0.05, 0.1) is 6.61 Å². The minimum atomic E-state index is -1.37. The van der Waals surface area contributed by atoms with E-state index in [9.17, 15) is 20.1 Å². The number of ether oxygens (including phenoxy) is 2. The van der Waals surface area contributed by atoms with Crippen LogP contribution in [0.1, 0.15) is 22.9 Å². The number of benzene rings is 2. The molecule has 2 aromatic carbocycles. The molecular weight excluding hydrogens is 432 g/mol. The first-order valence-electron chi connectivity index (χ1n) is 10.2. The van der Waals surface area contributed by atoms with E-state index in [0.29, 0.717) is 17.7 Å². The summed E-state index contributed by atoms with van der Waals surface area (Å²) in [5, 5.41) is 29.6. The molecule has 8 nitrogen and oxygen atoms in total. The van der Waals surface area contributed by atoms with E-state index < -0.39 is 36.8 Å². The number of aryl methyl sites for hydroxylation is 1. The highest BCUT2D eigenvalue weighted by Crippen LogP contribution is 2.29. The minimum Gasteiger partial charge on any atom is -0.457 e. The third-order valence-corrected chi connectivity index (χ3v) is 5.75. The van der Waals surface area contributed by atoms with E-state index in [4.69, 9.17) is 21.7 Å². The normalized spacial score (nSPS) is 22.8. The topological polar surface area (TPSA) is 117 Å². The van der Waals surface area contributed by atoms with Crippen LogP contribution < -0.4 is 10.4 Å². The lowest BCUT2D eigenvalue weighted by Crippen LogP contribution is -2.36. The Morgan fingerprint density at radius 3 is 2.56 bits per heavy atom. The highest BCUT2D eigenvalue weighted by Gasteiger charge is 2.43. The molecular formula is C23H24N2O6S. The maximum absolute atomic E-state index is 12.4. The van der Waals surface area contributed by atoms with Crippen molar-refractivity contribution in [3.05, 3.63) is 86.5 Å². The summed E-state index contributed by atoms with van der Waals surface area (Å²) in [4.78, 5) is 15.0. The fraction of sp³-hybridized carbons (Fsp3) is 0.304. The SMILES string of the molecule is Cc1ccc(Oc2cccc(Cc3cn([C@H]4O[C@@H](CO)C(O)C4O)c(=O)[nH]c3=S)c2)cc1. The molecule has 0 aliphatic carbocycles. The summed E-state index contributed by atoms with van der Waals surface area (Å²) >= 11 is 5.33. The quantitative estimate of drug-likeness (QED) is 0.420. The molecule has 4 rings (SSSR count). The van der Waals surface area contributed by atoms with Crippen LogP contribution in [0.25, 0.3) is 0 Å². The third kappa shape index (κ3) is 4.67. The summed E-state index contributed by atoms with van der Waals surface area (Å²) in [6, 6.07) is 15.3. The van der Waals surface area contributed by atoms with Gasteiger partial charge in [-0.3, -0.25) is 9.55 Å².